The number of nitrogens with zero attached hydrogens (tertiary/aromatic N) is 2. The lowest BCUT2D eigenvalue weighted by Gasteiger charge is -2.11. The molecule has 1 aromatic carbocycles. The minimum atomic E-state index is 0.294. The Bertz CT molecular complexity index is 540. The highest BCUT2D eigenvalue weighted by Gasteiger charge is 2.09. The number of aryl methyl sites for hydroxylation is 1. The number of aromatic nitrogens is 2. The lowest BCUT2D eigenvalue weighted by molar-refractivity contribution is 0.260. The van der Waals surface area contributed by atoms with Crippen molar-refractivity contribution in [2.24, 2.45) is 5.73 Å². The van der Waals surface area contributed by atoms with Gasteiger partial charge in [-0.25, -0.2) is 4.63 Å². The Kier molecular flexibility index (Phi) is 4.35. The summed E-state index contributed by atoms with van der Waals surface area (Å²) in [6.07, 6.45) is 0.808. The lowest BCUT2D eigenvalue weighted by Crippen LogP contribution is -2.04. The van der Waals surface area contributed by atoms with E-state index in [1.165, 1.54) is 0 Å². The van der Waals surface area contributed by atoms with Gasteiger partial charge in [0.05, 0.1) is 7.11 Å². The van der Waals surface area contributed by atoms with E-state index in [-0.39, 0.29) is 0 Å². The predicted molar refractivity (Wildman–Crippen MR) is 69.1 cm³/mol. The van der Waals surface area contributed by atoms with E-state index in [4.69, 9.17) is 15.2 Å². The number of rotatable bonds is 6. The summed E-state index contributed by atoms with van der Waals surface area (Å²) < 4.78 is 15.6. The van der Waals surface area contributed by atoms with E-state index in [1.807, 2.05) is 25.1 Å². The topological polar surface area (TPSA) is 83.4 Å². The summed E-state index contributed by atoms with van der Waals surface area (Å²) >= 11 is 0. The van der Waals surface area contributed by atoms with Crippen molar-refractivity contribution in [3.8, 4) is 11.5 Å². The van der Waals surface area contributed by atoms with Gasteiger partial charge in [-0.05, 0) is 37.6 Å². The molecule has 1 heterocycles. The number of methoxy groups -OCH3 is 1. The summed E-state index contributed by atoms with van der Waals surface area (Å²) in [5, 5.41) is 7.46. The number of nitrogens with two attached hydrogens (primary N) is 1. The van der Waals surface area contributed by atoms with Crippen LogP contribution in [0.3, 0.4) is 0 Å². The maximum atomic E-state index is 5.67. The Balaban J connectivity index is 2.09. The average molecular weight is 263 g/mol. The van der Waals surface area contributed by atoms with Crippen LogP contribution in [0.2, 0.25) is 0 Å². The van der Waals surface area contributed by atoms with Crippen molar-refractivity contribution in [1.29, 1.82) is 0 Å². The molecule has 2 N–H and O–H groups in total. The van der Waals surface area contributed by atoms with Gasteiger partial charge in [-0.2, -0.15) is 0 Å². The van der Waals surface area contributed by atoms with E-state index >= 15 is 0 Å². The fourth-order valence-electron chi connectivity index (χ4n) is 1.68. The van der Waals surface area contributed by atoms with Crippen molar-refractivity contribution in [1.82, 2.24) is 10.3 Å². The average Bonchev–Trinajstić information content (AvgIpc) is 2.83. The van der Waals surface area contributed by atoms with Crippen molar-refractivity contribution in [3.05, 3.63) is 35.2 Å². The molecule has 0 aliphatic carbocycles. The zero-order valence-electron chi connectivity index (χ0n) is 11.0. The van der Waals surface area contributed by atoms with Crippen LogP contribution in [-0.4, -0.2) is 24.0 Å². The first kappa shape index (κ1) is 13.4. The second-order valence-electron chi connectivity index (χ2n) is 4.11. The highest BCUT2D eigenvalue weighted by Crippen LogP contribution is 2.28. The number of hydrogen-bond acceptors (Lipinski definition) is 6. The standard InChI is InChI=1S/C13H17N3O3/c1-9-11(16-19-15-9)8-18-12-4-3-10(5-6-14)7-13(12)17-2/h3-4,7H,5-6,8,14H2,1-2H3. The molecular formula is C13H17N3O3. The van der Waals surface area contributed by atoms with E-state index < -0.39 is 0 Å². The van der Waals surface area contributed by atoms with Crippen LogP contribution in [0.4, 0.5) is 0 Å². The molecule has 0 aliphatic rings. The Morgan fingerprint density at radius 2 is 2.11 bits per heavy atom. The first-order valence-electron chi connectivity index (χ1n) is 6.02. The third-order valence-electron chi connectivity index (χ3n) is 2.77. The molecule has 0 unspecified atom stereocenters. The second-order valence-corrected chi connectivity index (χ2v) is 4.11. The normalized spacial score (nSPS) is 10.5. The Hall–Kier alpha value is -2.08. The molecule has 0 aliphatic heterocycles. The van der Waals surface area contributed by atoms with Crippen LogP contribution in [0.1, 0.15) is 17.0 Å². The fourth-order valence-corrected chi connectivity index (χ4v) is 1.68. The number of hydrogen-bond donors (Lipinski definition) is 1. The van der Waals surface area contributed by atoms with Gasteiger partial charge >= 0.3 is 0 Å². The van der Waals surface area contributed by atoms with Crippen LogP contribution < -0.4 is 15.2 Å². The van der Waals surface area contributed by atoms with Gasteiger partial charge in [-0.3, -0.25) is 0 Å². The van der Waals surface area contributed by atoms with Gasteiger partial charge in [0.2, 0.25) is 0 Å². The Morgan fingerprint density at radius 1 is 1.26 bits per heavy atom. The van der Waals surface area contributed by atoms with Gasteiger partial charge in [-0.15, -0.1) is 0 Å². The lowest BCUT2D eigenvalue weighted by atomic mass is 10.1. The van der Waals surface area contributed by atoms with Crippen molar-refractivity contribution < 1.29 is 14.1 Å². The summed E-state index contributed by atoms with van der Waals surface area (Å²) in [7, 11) is 1.61. The van der Waals surface area contributed by atoms with Crippen molar-refractivity contribution in [2.45, 2.75) is 20.0 Å². The molecule has 0 radical (unpaired) electrons. The van der Waals surface area contributed by atoms with Crippen LogP contribution in [-0.2, 0) is 13.0 Å². The smallest absolute Gasteiger partial charge is 0.161 e. The first-order valence-corrected chi connectivity index (χ1v) is 6.02. The van der Waals surface area contributed by atoms with Gasteiger partial charge in [0, 0.05) is 0 Å². The van der Waals surface area contributed by atoms with E-state index in [0.29, 0.717) is 30.3 Å². The molecule has 0 saturated heterocycles. The summed E-state index contributed by atoms with van der Waals surface area (Å²) in [5.74, 6) is 1.34. The van der Waals surface area contributed by atoms with Gasteiger partial charge in [0.25, 0.3) is 0 Å². The van der Waals surface area contributed by atoms with E-state index in [0.717, 1.165) is 17.7 Å². The van der Waals surface area contributed by atoms with Crippen molar-refractivity contribution in [3.63, 3.8) is 0 Å². The predicted octanol–water partition coefficient (Wildman–Crippen LogP) is 1.47. The largest absolute Gasteiger partial charge is 0.493 e. The van der Waals surface area contributed by atoms with Gasteiger partial charge in [0.1, 0.15) is 18.0 Å². The minimum Gasteiger partial charge on any atom is -0.493 e. The zero-order valence-corrected chi connectivity index (χ0v) is 11.0. The third-order valence-corrected chi connectivity index (χ3v) is 2.77. The molecule has 2 rings (SSSR count). The second kappa shape index (κ2) is 6.19. The van der Waals surface area contributed by atoms with Gasteiger partial charge in [0.15, 0.2) is 11.5 Å². The number of benzene rings is 1. The molecule has 0 atom stereocenters. The maximum Gasteiger partial charge on any atom is 0.161 e. The molecule has 0 bridgehead atoms. The Labute approximate surface area is 111 Å². The van der Waals surface area contributed by atoms with E-state index in [1.54, 1.807) is 7.11 Å². The summed E-state index contributed by atoms with van der Waals surface area (Å²) in [5.41, 5.74) is 8.04. The van der Waals surface area contributed by atoms with Crippen LogP contribution in [0.15, 0.2) is 22.8 Å². The van der Waals surface area contributed by atoms with Gasteiger partial charge in [-0.1, -0.05) is 16.4 Å². The van der Waals surface area contributed by atoms with E-state index in [9.17, 15) is 0 Å². The van der Waals surface area contributed by atoms with E-state index in [2.05, 4.69) is 14.9 Å². The van der Waals surface area contributed by atoms with Crippen LogP contribution in [0.5, 0.6) is 11.5 Å². The quantitative estimate of drug-likeness (QED) is 0.849. The summed E-state index contributed by atoms with van der Waals surface area (Å²) in [6, 6.07) is 5.77. The molecule has 0 amide bonds. The molecule has 19 heavy (non-hydrogen) atoms. The molecule has 0 fully saturated rings. The molecule has 102 valence electrons. The molecule has 6 heteroatoms. The molecule has 0 saturated carbocycles. The highest BCUT2D eigenvalue weighted by atomic mass is 16.6. The van der Waals surface area contributed by atoms with Crippen molar-refractivity contribution in [2.75, 3.05) is 13.7 Å². The highest BCUT2D eigenvalue weighted by molar-refractivity contribution is 5.43. The number of ether oxygens (including phenoxy) is 2. The summed E-state index contributed by atoms with van der Waals surface area (Å²) in [4.78, 5) is 0. The summed E-state index contributed by atoms with van der Waals surface area (Å²) in [6.45, 7) is 2.71. The van der Waals surface area contributed by atoms with Crippen LogP contribution in [0, 0.1) is 6.92 Å². The monoisotopic (exact) mass is 263 g/mol. The SMILES string of the molecule is COc1cc(CCN)ccc1OCc1nonc1C. The van der Waals surface area contributed by atoms with Crippen LogP contribution in [0.25, 0.3) is 0 Å². The zero-order chi connectivity index (χ0) is 13.7. The molecular weight excluding hydrogens is 246 g/mol. The molecule has 0 spiro atoms. The maximum absolute atomic E-state index is 5.67. The van der Waals surface area contributed by atoms with Gasteiger partial charge < -0.3 is 15.2 Å². The molecule has 1 aromatic heterocycles. The first-order chi connectivity index (χ1) is 9.24. The fraction of sp³-hybridized carbons (Fsp3) is 0.385. The molecule has 2 aromatic rings. The van der Waals surface area contributed by atoms with Crippen LogP contribution >= 0.6 is 0 Å². The molecule has 6 nitrogen and oxygen atoms in total. The minimum absolute atomic E-state index is 0.294. The Morgan fingerprint density at radius 3 is 2.74 bits per heavy atom. The third kappa shape index (κ3) is 3.23. The van der Waals surface area contributed by atoms with Crippen molar-refractivity contribution >= 4 is 0 Å².